The molecule has 0 unspecified atom stereocenters. The molecule has 1 saturated carbocycles. The van der Waals surface area contributed by atoms with Crippen LogP contribution in [0.15, 0.2) is 30.6 Å². The van der Waals surface area contributed by atoms with Crippen molar-refractivity contribution in [2.45, 2.75) is 25.4 Å². The highest BCUT2D eigenvalue weighted by atomic mass is 127. The molecule has 1 N–H and O–H groups in total. The number of nitrogens with one attached hydrogen (secondary N) is 1. The summed E-state index contributed by atoms with van der Waals surface area (Å²) in [5.74, 6) is 0. The molecule has 0 aliphatic heterocycles. The number of para-hydroxylation sites is 1. The Morgan fingerprint density at radius 3 is 2.94 bits per heavy atom. The maximum atomic E-state index is 6.31. The van der Waals surface area contributed by atoms with Gasteiger partial charge < -0.3 is 5.32 Å². The summed E-state index contributed by atoms with van der Waals surface area (Å²) in [6, 6.07) is 6.69. The summed E-state index contributed by atoms with van der Waals surface area (Å²) in [7, 11) is 0. The number of hydrogen-bond donors (Lipinski definition) is 1. The van der Waals surface area contributed by atoms with Crippen molar-refractivity contribution in [3.8, 4) is 5.69 Å². The molecule has 0 spiro atoms. The summed E-state index contributed by atoms with van der Waals surface area (Å²) >= 11 is 8.56. The van der Waals surface area contributed by atoms with Gasteiger partial charge in [-0.25, -0.2) is 4.68 Å². The van der Waals surface area contributed by atoms with Crippen LogP contribution < -0.4 is 5.32 Å². The zero-order chi connectivity index (χ0) is 12.5. The van der Waals surface area contributed by atoms with Gasteiger partial charge in [0.05, 0.1) is 20.5 Å². The summed E-state index contributed by atoms with van der Waals surface area (Å²) in [4.78, 5) is 0. The molecule has 0 amide bonds. The van der Waals surface area contributed by atoms with Gasteiger partial charge in [0.2, 0.25) is 0 Å². The van der Waals surface area contributed by atoms with E-state index in [1.807, 2.05) is 29.2 Å². The van der Waals surface area contributed by atoms with Crippen LogP contribution in [0.25, 0.3) is 5.69 Å². The normalized spacial score (nSPS) is 15.0. The zero-order valence-corrected chi connectivity index (χ0v) is 12.6. The number of benzene rings is 1. The third-order valence-corrected chi connectivity index (χ3v) is 3.87. The smallest absolute Gasteiger partial charge is 0.0877 e. The van der Waals surface area contributed by atoms with Gasteiger partial charge in [-0.15, -0.1) is 0 Å². The molecule has 3 rings (SSSR count). The van der Waals surface area contributed by atoms with Gasteiger partial charge in [-0.1, -0.05) is 23.7 Å². The fourth-order valence-electron chi connectivity index (χ4n) is 1.92. The Morgan fingerprint density at radius 2 is 2.28 bits per heavy atom. The Balaban J connectivity index is 1.94. The van der Waals surface area contributed by atoms with Crippen LogP contribution in [0.4, 0.5) is 0 Å². The van der Waals surface area contributed by atoms with Crippen LogP contribution in [-0.2, 0) is 6.54 Å². The number of aromatic nitrogens is 2. The minimum absolute atomic E-state index is 0.689. The lowest BCUT2D eigenvalue weighted by Gasteiger charge is -2.12. The monoisotopic (exact) mass is 373 g/mol. The summed E-state index contributed by atoms with van der Waals surface area (Å²) in [5, 5.41) is 8.60. The van der Waals surface area contributed by atoms with E-state index in [2.05, 4.69) is 39.1 Å². The molecular formula is C13H13ClIN3. The number of nitrogens with zero attached hydrogens (tertiary/aromatic N) is 2. The second-order valence-electron chi connectivity index (χ2n) is 4.51. The second-order valence-corrected chi connectivity index (χ2v) is 6.16. The molecule has 1 heterocycles. The average molecular weight is 374 g/mol. The van der Waals surface area contributed by atoms with E-state index in [1.54, 1.807) is 0 Å². The zero-order valence-electron chi connectivity index (χ0n) is 9.74. The van der Waals surface area contributed by atoms with Gasteiger partial charge in [-0.05, 0) is 47.1 Å². The highest BCUT2D eigenvalue weighted by Gasteiger charge is 2.21. The number of halogens is 2. The van der Waals surface area contributed by atoms with Crippen LogP contribution in [-0.4, -0.2) is 15.8 Å². The highest BCUT2D eigenvalue weighted by molar-refractivity contribution is 14.1. The van der Waals surface area contributed by atoms with Crippen molar-refractivity contribution in [2.24, 2.45) is 0 Å². The second kappa shape index (κ2) is 5.19. The molecule has 2 aromatic rings. The van der Waals surface area contributed by atoms with Crippen molar-refractivity contribution < 1.29 is 0 Å². The molecule has 3 nitrogen and oxygen atoms in total. The fraction of sp³-hybridized carbons (Fsp3) is 0.308. The van der Waals surface area contributed by atoms with E-state index in [1.165, 1.54) is 18.4 Å². The molecule has 5 heteroatoms. The SMILES string of the molecule is Clc1cccc(CNC2CC2)c1-n1cc(I)cn1. The van der Waals surface area contributed by atoms with Crippen molar-refractivity contribution in [1.29, 1.82) is 0 Å². The third kappa shape index (κ3) is 2.70. The van der Waals surface area contributed by atoms with E-state index in [4.69, 9.17) is 11.6 Å². The van der Waals surface area contributed by atoms with Gasteiger partial charge in [0, 0.05) is 18.8 Å². The lowest BCUT2D eigenvalue weighted by molar-refractivity contribution is 0.681. The molecule has 1 aromatic carbocycles. The van der Waals surface area contributed by atoms with Crippen LogP contribution in [0.3, 0.4) is 0 Å². The van der Waals surface area contributed by atoms with Crippen molar-refractivity contribution >= 4 is 34.2 Å². The van der Waals surface area contributed by atoms with Crippen LogP contribution >= 0.6 is 34.2 Å². The lowest BCUT2D eigenvalue weighted by atomic mass is 10.1. The Kier molecular flexibility index (Phi) is 3.59. The van der Waals surface area contributed by atoms with Crippen LogP contribution in [0.1, 0.15) is 18.4 Å². The van der Waals surface area contributed by atoms with Crippen molar-refractivity contribution in [1.82, 2.24) is 15.1 Å². The van der Waals surface area contributed by atoms with Crippen molar-refractivity contribution in [3.63, 3.8) is 0 Å². The highest BCUT2D eigenvalue weighted by Crippen LogP contribution is 2.26. The molecule has 18 heavy (non-hydrogen) atoms. The van der Waals surface area contributed by atoms with Crippen molar-refractivity contribution in [2.75, 3.05) is 0 Å². The van der Waals surface area contributed by atoms with E-state index >= 15 is 0 Å². The minimum atomic E-state index is 0.689. The Labute approximate surface area is 125 Å². The Bertz CT molecular complexity index is 563. The molecule has 1 aliphatic carbocycles. The number of rotatable bonds is 4. The van der Waals surface area contributed by atoms with Gasteiger partial charge in [-0.2, -0.15) is 5.10 Å². The Hall–Kier alpha value is -0.590. The molecule has 0 saturated heterocycles. The van der Waals surface area contributed by atoms with Gasteiger partial charge in [0.25, 0.3) is 0 Å². The van der Waals surface area contributed by atoms with E-state index in [0.29, 0.717) is 6.04 Å². The molecule has 1 fully saturated rings. The maximum absolute atomic E-state index is 6.31. The molecule has 0 atom stereocenters. The predicted octanol–water partition coefficient (Wildman–Crippen LogP) is 3.38. The fourth-order valence-corrected chi connectivity index (χ4v) is 2.59. The average Bonchev–Trinajstić information content (AvgIpc) is 3.09. The van der Waals surface area contributed by atoms with Crippen LogP contribution in [0.5, 0.6) is 0 Å². The first kappa shape index (κ1) is 12.4. The van der Waals surface area contributed by atoms with E-state index < -0.39 is 0 Å². The minimum Gasteiger partial charge on any atom is -0.310 e. The molecule has 94 valence electrons. The topological polar surface area (TPSA) is 29.9 Å². The quantitative estimate of drug-likeness (QED) is 0.833. The summed E-state index contributed by atoms with van der Waals surface area (Å²) in [6.07, 6.45) is 6.40. The van der Waals surface area contributed by atoms with E-state index in [9.17, 15) is 0 Å². The maximum Gasteiger partial charge on any atom is 0.0877 e. The third-order valence-electron chi connectivity index (χ3n) is 3.01. The van der Waals surface area contributed by atoms with Gasteiger partial charge in [0.15, 0.2) is 0 Å². The molecule has 0 bridgehead atoms. The summed E-state index contributed by atoms with van der Waals surface area (Å²) in [6.45, 7) is 0.844. The van der Waals surface area contributed by atoms with Crippen LogP contribution in [0, 0.1) is 3.57 Å². The molecule has 0 radical (unpaired) electrons. The molecular weight excluding hydrogens is 361 g/mol. The van der Waals surface area contributed by atoms with E-state index in [0.717, 1.165) is 20.8 Å². The largest absolute Gasteiger partial charge is 0.310 e. The number of hydrogen-bond acceptors (Lipinski definition) is 2. The molecule has 1 aromatic heterocycles. The summed E-state index contributed by atoms with van der Waals surface area (Å²) < 4.78 is 2.96. The van der Waals surface area contributed by atoms with Crippen LogP contribution in [0.2, 0.25) is 5.02 Å². The van der Waals surface area contributed by atoms with Crippen molar-refractivity contribution in [3.05, 3.63) is 44.7 Å². The molecule has 1 aliphatic rings. The predicted molar refractivity (Wildman–Crippen MR) is 81.2 cm³/mol. The first-order chi connectivity index (χ1) is 8.74. The first-order valence-corrected chi connectivity index (χ1v) is 7.41. The Morgan fingerprint density at radius 1 is 1.44 bits per heavy atom. The summed E-state index contributed by atoms with van der Waals surface area (Å²) in [5.41, 5.74) is 2.17. The van der Waals surface area contributed by atoms with Gasteiger partial charge in [-0.3, -0.25) is 0 Å². The standard InChI is InChI=1S/C13H13ClIN3/c14-12-3-1-2-9(6-16-11-4-5-11)13(12)18-8-10(15)7-17-18/h1-3,7-8,11,16H,4-6H2. The van der Waals surface area contributed by atoms with Gasteiger partial charge in [0.1, 0.15) is 0 Å². The van der Waals surface area contributed by atoms with E-state index in [-0.39, 0.29) is 0 Å². The van der Waals surface area contributed by atoms with Gasteiger partial charge >= 0.3 is 0 Å². The first-order valence-electron chi connectivity index (χ1n) is 5.95. The lowest BCUT2D eigenvalue weighted by Crippen LogP contribution is -2.17.